The molecule has 4 heteroatoms. The number of nitrogens with zero attached hydrogens (tertiary/aromatic N) is 2. The van der Waals surface area contributed by atoms with E-state index in [2.05, 4.69) is 41.8 Å². The topological polar surface area (TPSA) is 29.9 Å². The molecule has 0 saturated carbocycles. The van der Waals surface area contributed by atoms with Gasteiger partial charge in [0.2, 0.25) is 0 Å². The molecule has 1 aromatic heterocycles. The van der Waals surface area contributed by atoms with Gasteiger partial charge in [-0.05, 0) is 19.1 Å². The summed E-state index contributed by atoms with van der Waals surface area (Å²) in [7, 11) is 0. The number of nitrogens with one attached hydrogen (secondary N) is 1. The molecule has 0 aliphatic rings. The monoisotopic (exact) mass is 241 g/mol. The van der Waals surface area contributed by atoms with Crippen molar-refractivity contribution in [3.05, 3.63) is 18.2 Å². The fourth-order valence-corrected chi connectivity index (χ4v) is 2.28. The summed E-state index contributed by atoms with van der Waals surface area (Å²) in [5.74, 6) is 3.51. The standard InChI is InChI=1S/C12H23N3S/c1-4-7-15-8-6-13-12(15)9-14-11(3)10-16-5-2/h6,8,11,14H,4-5,7,9-10H2,1-3H3. The molecule has 0 spiro atoms. The third kappa shape index (κ3) is 4.58. The Bertz CT molecular complexity index is 286. The van der Waals surface area contributed by atoms with Gasteiger partial charge < -0.3 is 9.88 Å². The van der Waals surface area contributed by atoms with E-state index in [0.717, 1.165) is 25.3 Å². The number of rotatable bonds is 8. The minimum Gasteiger partial charge on any atom is -0.334 e. The largest absolute Gasteiger partial charge is 0.334 e. The third-order valence-corrected chi connectivity index (χ3v) is 3.59. The van der Waals surface area contributed by atoms with Gasteiger partial charge in [0.15, 0.2) is 0 Å². The number of imidazole rings is 1. The zero-order valence-corrected chi connectivity index (χ0v) is 11.4. The molecule has 0 amide bonds. The van der Waals surface area contributed by atoms with E-state index < -0.39 is 0 Å². The zero-order chi connectivity index (χ0) is 11.8. The van der Waals surface area contributed by atoms with Crippen molar-refractivity contribution in [2.45, 2.75) is 46.3 Å². The first kappa shape index (κ1) is 13.6. The lowest BCUT2D eigenvalue weighted by Gasteiger charge is -2.13. The second kappa shape index (κ2) is 7.74. The molecule has 92 valence electrons. The molecule has 0 saturated heterocycles. The average Bonchev–Trinajstić information content (AvgIpc) is 2.72. The fraction of sp³-hybridized carbons (Fsp3) is 0.750. The summed E-state index contributed by atoms with van der Waals surface area (Å²) >= 11 is 1.98. The number of aromatic nitrogens is 2. The van der Waals surface area contributed by atoms with Crippen LogP contribution in [0.3, 0.4) is 0 Å². The Balaban J connectivity index is 2.32. The van der Waals surface area contributed by atoms with E-state index in [1.165, 1.54) is 11.5 Å². The quantitative estimate of drug-likeness (QED) is 0.758. The lowest BCUT2D eigenvalue weighted by atomic mass is 10.4. The molecule has 1 aromatic rings. The van der Waals surface area contributed by atoms with Crippen LogP contribution in [-0.2, 0) is 13.1 Å². The van der Waals surface area contributed by atoms with Crippen LogP contribution in [0, 0.1) is 0 Å². The van der Waals surface area contributed by atoms with E-state index in [4.69, 9.17) is 0 Å². The lowest BCUT2D eigenvalue weighted by molar-refractivity contribution is 0.546. The maximum absolute atomic E-state index is 4.38. The van der Waals surface area contributed by atoms with Gasteiger partial charge in [0.1, 0.15) is 5.82 Å². The van der Waals surface area contributed by atoms with Gasteiger partial charge in [-0.2, -0.15) is 11.8 Å². The minimum absolute atomic E-state index is 0.553. The van der Waals surface area contributed by atoms with Crippen molar-refractivity contribution in [2.24, 2.45) is 0 Å². The van der Waals surface area contributed by atoms with Crippen molar-refractivity contribution in [2.75, 3.05) is 11.5 Å². The van der Waals surface area contributed by atoms with Crippen molar-refractivity contribution in [3.63, 3.8) is 0 Å². The summed E-state index contributed by atoms with van der Waals surface area (Å²) in [5, 5.41) is 3.51. The molecular formula is C12H23N3S. The second-order valence-corrected chi connectivity index (χ2v) is 5.30. The van der Waals surface area contributed by atoms with Crippen molar-refractivity contribution < 1.29 is 0 Å². The first-order valence-electron chi connectivity index (χ1n) is 6.09. The van der Waals surface area contributed by atoms with E-state index in [1.807, 2.05) is 18.0 Å². The van der Waals surface area contributed by atoms with Crippen LogP contribution in [0.15, 0.2) is 12.4 Å². The molecule has 1 atom stereocenters. The van der Waals surface area contributed by atoms with Gasteiger partial charge in [-0.3, -0.25) is 0 Å². The number of hydrogen-bond acceptors (Lipinski definition) is 3. The van der Waals surface area contributed by atoms with Crippen LogP contribution in [0.5, 0.6) is 0 Å². The zero-order valence-electron chi connectivity index (χ0n) is 10.6. The van der Waals surface area contributed by atoms with Gasteiger partial charge >= 0.3 is 0 Å². The van der Waals surface area contributed by atoms with Crippen molar-refractivity contribution in [3.8, 4) is 0 Å². The Morgan fingerprint density at radius 1 is 1.50 bits per heavy atom. The second-order valence-electron chi connectivity index (χ2n) is 3.98. The molecule has 3 nitrogen and oxygen atoms in total. The number of aryl methyl sites for hydroxylation is 1. The van der Waals surface area contributed by atoms with Crippen LogP contribution in [0.1, 0.15) is 33.0 Å². The SMILES string of the molecule is CCCn1ccnc1CNC(C)CSCC. The fourth-order valence-electron chi connectivity index (χ4n) is 1.57. The molecule has 0 aliphatic heterocycles. The summed E-state index contributed by atoms with van der Waals surface area (Å²) in [4.78, 5) is 4.38. The summed E-state index contributed by atoms with van der Waals surface area (Å²) in [6.45, 7) is 8.56. The maximum atomic E-state index is 4.38. The van der Waals surface area contributed by atoms with E-state index in [0.29, 0.717) is 6.04 Å². The van der Waals surface area contributed by atoms with Gasteiger partial charge in [-0.25, -0.2) is 4.98 Å². The molecule has 1 N–H and O–H groups in total. The Labute approximate surface area is 103 Å². The Morgan fingerprint density at radius 3 is 3.00 bits per heavy atom. The van der Waals surface area contributed by atoms with Gasteiger partial charge in [-0.1, -0.05) is 13.8 Å². The molecule has 0 fully saturated rings. The van der Waals surface area contributed by atoms with Crippen LogP contribution in [0.4, 0.5) is 0 Å². The van der Waals surface area contributed by atoms with Crippen LogP contribution < -0.4 is 5.32 Å². The predicted octanol–water partition coefficient (Wildman–Crippen LogP) is 2.52. The van der Waals surface area contributed by atoms with Crippen LogP contribution in [0.2, 0.25) is 0 Å². The van der Waals surface area contributed by atoms with E-state index in [1.54, 1.807) is 0 Å². The summed E-state index contributed by atoms with van der Waals surface area (Å²) in [5.41, 5.74) is 0. The molecule has 16 heavy (non-hydrogen) atoms. The highest BCUT2D eigenvalue weighted by Crippen LogP contribution is 2.03. The van der Waals surface area contributed by atoms with Gasteiger partial charge in [0.25, 0.3) is 0 Å². The van der Waals surface area contributed by atoms with Gasteiger partial charge in [0.05, 0.1) is 6.54 Å². The molecule has 0 aliphatic carbocycles. The predicted molar refractivity (Wildman–Crippen MR) is 71.8 cm³/mol. The molecule has 1 unspecified atom stereocenters. The summed E-state index contributed by atoms with van der Waals surface area (Å²) in [6.07, 6.45) is 5.11. The van der Waals surface area contributed by atoms with E-state index in [-0.39, 0.29) is 0 Å². The normalized spacial score (nSPS) is 12.9. The molecular weight excluding hydrogens is 218 g/mol. The average molecular weight is 241 g/mol. The van der Waals surface area contributed by atoms with Crippen LogP contribution >= 0.6 is 11.8 Å². The molecule has 1 rings (SSSR count). The van der Waals surface area contributed by atoms with Gasteiger partial charge in [-0.15, -0.1) is 0 Å². The molecule has 0 bridgehead atoms. The van der Waals surface area contributed by atoms with Gasteiger partial charge in [0, 0.05) is 30.7 Å². The first-order chi connectivity index (χ1) is 7.77. The Hall–Kier alpha value is -0.480. The highest BCUT2D eigenvalue weighted by atomic mass is 32.2. The van der Waals surface area contributed by atoms with E-state index in [9.17, 15) is 0 Å². The maximum Gasteiger partial charge on any atom is 0.122 e. The summed E-state index contributed by atoms with van der Waals surface area (Å²) in [6, 6.07) is 0.553. The van der Waals surface area contributed by atoms with Crippen LogP contribution in [0.25, 0.3) is 0 Å². The highest BCUT2D eigenvalue weighted by Gasteiger charge is 2.04. The van der Waals surface area contributed by atoms with Crippen molar-refractivity contribution >= 4 is 11.8 Å². The van der Waals surface area contributed by atoms with Crippen LogP contribution in [-0.4, -0.2) is 27.1 Å². The third-order valence-electron chi connectivity index (χ3n) is 2.45. The highest BCUT2D eigenvalue weighted by molar-refractivity contribution is 7.99. The minimum atomic E-state index is 0.553. The smallest absolute Gasteiger partial charge is 0.122 e. The number of thioether (sulfide) groups is 1. The van der Waals surface area contributed by atoms with Crippen molar-refractivity contribution in [1.82, 2.24) is 14.9 Å². The Kier molecular flexibility index (Phi) is 6.57. The number of hydrogen-bond donors (Lipinski definition) is 1. The van der Waals surface area contributed by atoms with E-state index >= 15 is 0 Å². The van der Waals surface area contributed by atoms with Crippen molar-refractivity contribution in [1.29, 1.82) is 0 Å². The summed E-state index contributed by atoms with van der Waals surface area (Å²) < 4.78 is 2.23. The first-order valence-corrected chi connectivity index (χ1v) is 7.24. The lowest BCUT2D eigenvalue weighted by Crippen LogP contribution is -2.29. The molecule has 0 radical (unpaired) electrons. The molecule has 1 heterocycles. The molecule has 0 aromatic carbocycles. The Morgan fingerprint density at radius 2 is 2.31 bits per heavy atom.